The van der Waals surface area contributed by atoms with Crippen LogP contribution in [0.1, 0.15) is 102 Å². The predicted octanol–water partition coefficient (Wildman–Crippen LogP) is 4.98. The van der Waals surface area contributed by atoms with Crippen molar-refractivity contribution >= 4 is 35.1 Å². The molecule has 1 aliphatic heterocycles. The lowest BCUT2D eigenvalue weighted by atomic mass is 9.79. The molecule has 1 aliphatic carbocycles. The van der Waals surface area contributed by atoms with Crippen LogP contribution < -0.4 is 16.4 Å². The summed E-state index contributed by atoms with van der Waals surface area (Å²) in [5.41, 5.74) is 8.94. The minimum Gasteiger partial charge on any atom is -0.462 e. The van der Waals surface area contributed by atoms with E-state index in [-0.39, 0.29) is 42.4 Å². The molecule has 4 N–H and O–H groups in total. The molecule has 0 spiro atoms. The fraction of sp³-hybridized carbons (Fsp3) is 0.613. The van der Waals surface area contributed by atoms with E-state index in [0.717, 1.165) is 36.1 Å². The second-order valence-electron chi connectivity index (χ2n) is 13.0. The molecule has 3 amide bonds. The quantitative estimate of drug-likeness (QED) is 0.375. The number of carbonyl (C=O) groups is 4. The van der Waals surface area contributed by atoms with Crippen molar-refractivity contribution in [1.82, 2.24) is 10.2 Å². The molecule has 226 valence electrons. The molecule has 3 rings (SSSR count). The largest absolute Gasteiger partial charge is 0.462 e. The van der Waals surface area contributed by atoms with Crippen LogP contribution >= 0.6 is 0 Å². The van der Waals surface area contributed by atoms with E-state index in [4.69, 9.17) is 15.2 Å². The molecule has 1 aromatic rings. The Morgan fingerprint density at radius 1 is 1.10 bits per heavy atom. The van der Waals surface area contributed by atoms with Gasteiger partial charge in [0.15, 0.2) is 0 Å². The van der Waals surface area contributed by atoms with Crippen LogP contribution in [0.2, 0.25) is 0 Å². The van der Waals surface area contributed by atoms with Crippen molar-refractivity contribution in [3.63, 3.8) is 0 Å². The Balaban J connectivity index is 1.60. The SMILES string of the molecule is CC(=C1CC(C)(C)CC(=O)N1C)c1ccc(C(N)=O)c(NC2CCC(OC(=O)CCNC(=O)OC(C)(C)C)CC2)c1. The van der Waals surface area contributed by atoms with Gasteiger partial charge in [-0.15, -0.1) is 0 Å². The lowest BCUT2D eigenvalue weighted by Crippen LogP contribution is -2.38. The molecule has 0 bridgehead atoms. The van der Waals surface area contributed by atoms with E-state index in [2.05, 4.69) is 24.5 Å². The normalized spacial score (nSPS) is 22.0. The number of esters is 1. The summed E-state index contributed by atoms with van der Waals surface area (Å²) in [5, 5.41) is 6.06. The minimum absolute atomic E-state index is 0.0685. The van der Waals surface area contributed by atoms with Crippen LogP contribution in [-0.2, 0) is 19.1 Å². The van der Waals surface area contributed by atoms with E-state index < -0.39 is 17.6 Å². The van der Waals surface area contributed by atoms with E-state index in [9.17, 15) is 19.2 Å². The van der Waals surface area contributed by atoms with Crippen LogP contribution in [0.15, 0.2) is 23.9 Å². The lowest BCUT2D eigenvalue weighted by molar-refractivity contribution is -0.150. The van der Waals surface area contributed by atoms with Gasteiger partial charge >= 0.3 is 12.1 Å². The smallest absolute Gasteiger partial charge is 0.407 e. The van der Waals surface area contributed by atoms with Crippen LogP contribution in [0, 0.1) is 5.41 Å². The first kappa shape index (κ1) is 32.0. The Kier molecular flexibility index (Phi) is 10.1. The average molecular weight is 571 g/mol. The number of likely N-dealkylation sites (tertiary alicyclic amines) is 1. The average Bonchev–Trinajstić information content (AvgIpc) is 2.85. The standard InChI is InChI=1S/C31H46N4O6/c1-19(25-17-31(5,6)18-26(36)35(25)7)20-8-13-23(28(32)38)24(16-20)34-21-9-11-22(12-10-21)40-27(37)14-15-33-29(39)41-30(2,3)4/h8,13,16,21-22,34H,9-12,14-15,17-18H2,1-7H3,(H2,32,38)(H,33,39). The molecule has 1 heterocycles. The Hall–Kier alpha value is -3.56. The molecule has 10 nitrogen and oxygen atoms in total. The molecule has 2 aliphatic rings. The summed E-state index contributed by atoms with van der Waals surface area (Å²) in [7, 11) is 1.82. The summed E-state index contributed by atoms with van der Waals surface area (Å²) >= 11 is 0. The fourth-order valence-electron chi connectivity index (χ4n) is 5.35. The second kappa shape index (κ2) is 13.0. The van der Waals surface area contributed by atoms with Gasteiger partial charge in [-0.1, -0.05) is 19.9 Å². The summed E-state index contributed by atoms with van der Waals surface area (Å²) < 4.78 is 10.8. The first-order chi connectivity index (χ1) is 19.0. The topological polar surface area (TPSA) is 140 Å². The van der Waals surface area contributed by atoms with Crippen LogP contribution in [0.3, 0.4) is 0 Å². The maximum Gasteiger partial charge on any atom is 0.407 e. The van der Waals surface area contributed by atoms with Crippen molar-refractivity contribution in [2.45, 2.75) is 104 Å². The van der Waals surface area contributed by atoms with E-state index in [0.29, 0.717) is 30.5 Å². The number of anilines is 1. The van der Waals surface area contributed by atoms with Crippen LogP contribution in [0.5, 0.6) is 0 Å². The summed E-state index contributed by atoms with van der Waals surface area (Å²) in [6.45, 7) is 11.7. The molecule has 10 heteroatoms. The third kappa shape index (κ3) is 9.23. The van der Waals surface area contributed by atoms with Gasteiger partial charge in [0.1, 0.15) is 11.7 Å². The number of allylic oxidation sites excluding steroid dienone is 2. The highest BCUT2D eigenvalue weighted by Crippen LogP contribution is 2.39. The van der Waals surface area contributed by atoms with Gasteiger partial charge in [0, 0.05) is 37.4 Å². The molecule has 0 radical (unpaired) electrons. The number of nitrogens with zero attached hydrogens (tertiary/aromatic N) is 1. The van der Waals surface area contributed by atoms with Crippen molar-refractivity contribution in [1.29, 1.82) is 0 Å². The van der Waals surface area contributed by atoms with Gasteiger partial charge < -0.3 is 30.7 Å². The zero-order valence-corrected chi connectivity index (χ0v) is 25.5. The number of alkyl carbamates (subject to hydrolysis) is 1. The number of nitrogens with two attached hydrogens (primary N) is 1. The Labute approximate surface area is 243 Å². The van der Waals surface area contributed by atoms with E-state index in [1.54, 1.807) is 31.7 Å². The Morgan fingerprint density at radius 2 is 1.76 bits per heavy atom. The van der Waals surface area contributed by atoms with Gasteiger partial charge in [-0.05, 0) is 88.5 Å². The molecule has 1 aromatic carbocycles. The number of ether oxygens (including phenoxy) is 2. The summed E-state index contributed by atoms with van der Waals surface area (Å²) in [6, 6.07) is 5.63. The van der Waals surface area contributed by atoms with Gasteiger partial charge in [0.05, 0.1) is 12.0 Å². The number of amides is 3. The van der Waals surface area contributed by atoms with Gasteiger partial charge in [-0.25, -0.2) is 4.79 Å². The lowest BCUT2D eigenvalue weighted by Gasteiger charge is -2.38. The Bertz CT molecular complexity index is 1190. The molecule has 0 aromatic heterocycles. The monoisotopic (exact) mass is 570 g/mol. The molecule has 0 unspecified atom stereocenters. The Morgan fingerprint density at radius 3 is 2.37 bits per heavy atom. The molecule has 41 heavy (non-hydrogen) atoms. The van der Waals surface area contributed by atoms with Crippen molar-refractivity contribution < 1.29 is 28.7 Å². The van der Waals surface area contributed by atoms with Crippen LogP contribution in [0.4, 0.5) is 10.5 Å². The number of carbonyl (C=O) groups excluding carboxylic acids is 4. The third-order valence-corrected chi connectivity index (χ3v) is 7.53. The predicted molar refractivity (Wildman–Crippen MR) is 158 cm³/mol. The second-order valence-corrected chi connectivity index (χ2v) is 13.0. The molecular formula is C31H46N4O6. The number of rotatable bonds is 8. The first-order valence-corrected chi connectivity index (χ1v) is 14.4. The molecular weight excluding hydrogens is 524 g/mol. The van der Waals surface area contributed by atoms with Crippen molar-refractivity contribution in [3.8, 4) is 0 Å². The maximum atomic E-state index is 12.6. The zero-order chi connectivity index (χ0) is 30.5. The molecule has 1 saturated heterocycles. The molecule has 2 fully saturated rings. The minimum atomic E-state index is -0.601. The number of primary amides is 1. The maximum absolute atomic E-state index is 12.6. The highest BCUT2D eigenvalue weighted by atomic mass is 16.6. The van der Waals surface area contributed by atoms with Gasteiger partial charge in [0.2, 0.25) is 5.91 Å². The van der Waals surface area contributed by atoms with Crippen molar-refractivity contribution in [3.05, 3.63) is 35.0 Å². The van der Waals surface area contributed by atoms with Crippen molar-refractivity contribution in [2.75, 3.05) is 18.9 Å². The summed E-state index contributed by atoms with van der Waals surface area (Å²) in [6.07, 6.45) is 3.46. The third-order valence-electron chi connectivity index (χ3n) is 7.53. The number of hydrogen-bond donors (Lipinski definition) is 3. The summed E-state index contributed by atoms with van der Waals surface area (Å²) in [5.74, 6) is -0.781. The number of benzene rings is 1. The summed E-state index contributed by atoms with van der Waals surface area (Å²) in [4.78, 5) is 50.6. The number of piperidine rings is 1. The van der Waals surface area contributed by atoms with E-state index in [1.807, 2.05) is 26.1 Å². The van der Waals surface area contributed by atoms with Gasteiger partial charge in [-0.2, -0.15) is 0 Å². The first-order valence-electron chi connectivity index (χ1n) is 14.4. The van der Waals surface area contributed by atoms with Crippen LogP contribution in [0.25, 0.3) is 5.57 Å². The highest BCUT2D eigenvalue weighted by molar-refractivity contribution is 5.99. The molecule has 0 atom stereocenters. The van der Waals surface area contributed by atoms with Crippen LogP contribution in [-0.4, -0.2) is 60.1 Å². The van der Waals surface area contributed by atoms with E-state index in [1.165, 1.54) is 0 Å². The number of hydrogen-bond acceptors (Lipinski definition) is 7. The number of nitrogens with one attached hydrogen (secondary N) is 2. The van der Waals surface area contributed by atoms with Gasteiger partial charge in [0.25, 0.3) is 5.91 Å². The highest BCUT2D eigenvalue weighted by Gasteiger charge is 2.34. The zero-order valence-electron chi connectivity index (χ0n) is 25.5. The van der Waals surface area contributed by atoms with Gasteiger partial charge in [-0.3, -0.25) is 14.4 Å². The van der Waals surface area contributed by atoms with E-state index >= 15 is 0 Å². The van der Waals surface area contributed by atoms with Crippen molar-refractivity contribution in [2.24, 2.45) is 11.1 Å². The molecule has 1 saturated carbocycles. The fourth-order valence-corrected chi connectivity index (χ4v) is 5.35.